The number of likely N-dealkylation sites (N-methyl/N-ethyl adjacent to an activating group) is 3. The van der Waals surface area contributed by atoms with Crippen molar-refractivity contribution in [2.24, 2.45) is 34.8 Å². The highest BCUT2D eigenvalue weighted by Gasteiger charge is 2.47. The van der Waals surface area contributed by atoms with Gasteiger partial charge in [0.15, 0.2) is 0 Å². The molecule has 15 atom stereocenters. The van der Waals surface area contributed by atoms with E-state index in [-0.39, 0.29) is 101 Å². The van der Waals surface area contributed by atoms with Gasteiger partial charge in [0.05, 0.1) is 25.6 Å². The Hall–Kier alpha value is -12.6. The fourth-order valence-electron chi connectivity index (χ4n) is 16.4. The Morgan fingerprint density at radius 1 is 0.508 bits per heavy atom. The maximum Gasteiger partial charge on any atom is 0.246 e. The SMILES string of the molecule is CCCC[C@H]1C(=O)N(C)[C@@H](CCCC)C(=O)NC(CC(C)C)C(=O)N[C@H](C(=O)NCC(N)=O)CNCC(=O)N[C@@H](Cc2ccc(O)cc2)C(=O)N(C)[C@@H](C)C(=O)N[C@@H](CC(N)=O)C(=O)N2CCC[C@H]2C(=O)N[C@@H](CN)C(=O)N[C@@H](CC(C)C)C(=O)N2C[C@H](O)C[C@H]2C(=O)N[C@@H](Cc2c[nH]c3ccccc23)C(=O)N[C@@H](CCN)C(=O)N[C@@H](Cc2c[nH]c3ccccc23)C(=O)N1C. The van der Waals surface area contributed by atoms with E-state index in [9.17, 15) is 58.2 Å². The predicted octanol–water partition coefficient (Wildman–Crippen LogP) is -2.94. The second-order valence-corrected chi connectivity index (χ2v) is 34.6. The Kier molecular flexibility index (Phi) is 38.5. The van der Waals surface area contributed by atoms with E-state index >= 15 is 33.6 Å². The van der Waals surface area contributed by atoms with Crippen LogP contribution in [0.5, 0.6) is 5.75 Å². The van der Waals surface area contributed by atoms with Crippen LogP contribution in [0.1, 0.15) is 149 Å². The number of hydrogen-bond acceptors (Lipinski definition) is 22. The maximum atomic E-state index is 15.8. The van der Waals surface area contributed by atoms with E-state index in [1.54, 1.807) is 76.5 Å². The summed E-state index contributed by atoms with van der Waals surface area (Å²) in [6.45, 7) is 8.75. The summed E-state index contributed by atoms with van der Waals surface area (Å²) >= 11 is 0. The number of aromatic amines is 2. The fraction of sp³-hybridized carbons (Fsp3) is 0.562. The Balaban J connectivity index is 1.18. The molecule has 41 heteroatoms. The second kappa shape index (κ2) is 48.7. The number of carbonyl (C=O) groups is 17. The number of rotatable bonds is 24. The molecule has 3 aliphatic rings. The third-order valence-corrected chi connectivity index (χ3v) is 23.7. The summed E-state index contributed by atoms with van der Waals surface area (Å²) in [7, 11) is 4.00. The summed E-state index contributed by atoms with van der Waals surface area (Å²) in [5.74, 6) is -16.3. The summed E-state index contributed by atoms with van der Waals surface area (Å²) < 4.78 is 0. The van der Waals surface area contributed by atoms with Crippen LogP contribution < -0.4 is 81.4 Å². The van der Waals surface area contributed by atoms with Crippen molar-refractivity contribution in [2.45, 2.75) is 242 Å². The van der Waals surface area contributed by atoms with Crippen LogP contribution in [0.2, 0.25) is 0 Å². The zero-order valence-corrected chi connectivity index (χ0v) is 75.5. The molecule has 130 heavy (non-hydrogen) atoms. The molecule has 2 aromatic heterocycles. The number of nitrogens with two attached hydrogens (primary N) is 4. The second-order valence-electron chi connectivity index (χ2n) is 34.6. The smallest absolute Gasteiger partial charge is 0.246 e. The number of aromatic hydroxyl groups is 1. The average molecular weight is 1810 g/mol. The number of fused-ring (bicyclic) bond motifs is 4. The lowest BCUT2D eigenvalue weighted by Crippen LogP contribution is -2.62. The molecule has 1 unspecified atom stereocenters. The van der Waals surface area contributed by atoms with Crippen molar-refractivity contribution in [2.75, 3.05) is 67.0 Å². The summed E-state index contributed by atoms with van der Waals surface area (Å²) in [5.41, 5.74) is 26.4. The van der Waals surface area contributed by atoms with Crippen molar-refractivity contribution in [1.82, 2.24) is 93.0 Å². The number of para-hydroxylation sites is 2. The van der Waals surface area contributed by atoms with Crippen LogP contribution in [0.25, 0.3) is 21.8 Å². The molecule has 17 amide bonds. The van der Waals surface area contributed by atoms with Crippen LogP contribution in [0.4, 0.5) is 0 Å². The van der Waals surface area contributed by atoms with E-state index in [2.05, 4.69) is 68.5 Å². The molecule has 3 aliphatic heterocycles. The van der Waals surface area contributed by atoms with Crippen LogP contribution in [0.3, 0.4) is 0 Å². The number of nitrogens with zero attached hydrogens (tertiary/aromatic N) is 5. The molecule has 0 radical (unpaired) electrons. The van der Waals surface area contributed by atoms with Gasteiger partial charge in [-0.05, 0) is 111 Å². The van der Waals surface area contributed by atoms with Crippen LogP contribution in [-0.4, -0.2) is 303 Å². The Labute approximate surface area is 754 Å². The number of phenols is 1. The molecule has 710 valence electrons. The molecule has 0 spiro atoms. The lowest BCUT2D eigenvalue weighted by molar-refractivity contribution is -0.149. The van der Waals surface area contributed by atoms with Crippen molar-refractivity contribution in [1.29, 1.82) is 0 Å². The zero-order chi connectivity index (χ0) is 95.5. The first-order chi connectivity index (χ1) is 61.8. The molecule has 5 heterocycles. The quantitative estimate of drug-likeness (QED) is 0.0294. The van der Waals surface area contributed by atoms with Gasteiger partial charge in [-0.1, -0.05) is 116 Å². The number of aliphatic hydroxyl groups excluding tert-OH is 1. The Bertz CT molecular complexity index is 4850. The normalized spacial score (nSPS) is 25.4. The highest BCUT2D eigenvalue weighted by molar-refractivity contribution is 6.02. The predicted molar refractivity (Wildman–Crippen MR) is 479 cm³/mol. The first-order valence-electron chi connectivity index (χ1n) is 44.4. The number of amides is 17. The first kappa shape index (κ1) is 103. The van der Waals surface area contributed by atoms with Crippen molar-refractivity contribution in [3.63, 3.8) is 0 Å². The fourth-order valence-corrected chi connectivity index (χ4v) is 16.4. The summed E-state index contributed by atoms with van der Waals surface area (Å²) in [6.07, 6.45) is 1.78. The highest BCUT2D eigenvalue weighted by Crippen LogP contribution is 2.28. The summed E-state index contributed by atoms with van der Waals surface area (Å²) in [6, 6.07) is -1.12. The minimum atomic E-state index is -1.76. The number of hydrogen-bond donors (Lipinski definition) is 19. The van der Waals surface area contributed by atoms with E-state index in [1.807, 2.05) is 26.0 Å². The Morgan fingerprint density at radius 3 is 1.60 bits per heavy atom. The van der Waals surface area contributed by atoms with E-state index < -0.39 is 230 Å². The highest BCUT2D eigenvalue weighted by atomic mass is 16.3. The number of primary amides is 2. The molecule has 5 aromatic rings. The molecule has 3 saturated heterocycles. The van der Waals surface area contributed by atoms with Crippen LogP contribution in [-0.2, 0) is 101 Å². The van der Waals surface area contributed by atoms with Gasteiger partial charge in [-0.15, -0.1) is 0 Å². The molecule has 0 saturated carbocycles. The molecular weight excluding hydrogens is 1680 g/mol. The maximum absolute atomic E-state index is 15.8. The number of phenolic OH excluding ortho intramolecular Hbond substituents is 1. The third kappa shape index (κ3) is 28.2. The van der Waals surface area contributed by atoms with E-state index in [4.69, 9.17) is 22.9 Å². The van der Waals surface area contributed by atoms with Gasteiger partial charge in [0.2, 0.25) is 100 Å². The standard InChI is InChI=1S/C89H130N22O19/c1-11-13-24-69-82(123)100-61(34-48(3)4)79(120)106-68(77(118)97-45-74(93)115)44-94-46-75(116)98-64(36-51-27-29-54(112)30-28-51)85(126)107(8)50(7)76(117)102-66(40-73(92)114)87(128)110-33-19-26-70(110)83(124)105-67(41-91)81(122)103-63(35-49(5)6)88(129)111-47-55(113)39-72(111)84(125)101-62(37-52-42-95-58-22-17-15-20-56(52)58)80(121)99-60(31-32-90)78(119)104-65(38-53-43-96-59-23-18-16-21-57(53)59)86(127)109(10)71(25-14-12-2)89(130)108(69)9/h15-18,20-23,27-30,42-43,48-50,55,60-72,94-96,112-113H,11-14,19,24-26,31-41,44-47,90-91H2,1-10H3,(H2,92,114)(H2,93,115)(H,97,118)(H,98,116)(H,99,121)(H,100,123)(H,101,125)(H,102,117)(H,103,122)(H,104,119)(H,105,124)(H,106,120)/t50-,55+,60-,61?,62-,63-,64-,65-,66-,67-,68-,69-,70-,71-,72-/m0/s1. The molecular formula is C89H130N22O19. The number of benzene rings is 3. The summed E-state index contributed by atoms with van der Waals surface area (Å²) in [5, 5.41) is 52.3. The Morgan fingerprint density at radius 2 is 1.01 bits per heavy atom. The third-order valence-electron chi connectivity index (χ3n) is 23.7. The van der Waals surface area contributed by atoms with Gasteiger partial charge in [0.25, 0.3) is 0 Å². The van der Waals surface area contributed by atoms with Gasteiger partial charge in [-0.2, -0.15) is 0 Å². The molecule has 41 nitrogen and oxygen atoms in total. The summed E-state index contributed by atoms with van der Waals surface area (Å²) in [4.78, 5) is 261. The van der Waals surface area contributed by atoms with Crippen molar-refractivity contribution in [3.8, 4) is 5.75 Å². The first-order valence-corrected chi connectivity index (χ1v) is 44.4. The van der Waals surface area contributed by atoms with Gasteiger partial charge < -0.3 is 126 Å². The molecule has 8 rings (SSSR count). The number of H-pyrrole nitrogens is 2. The minimum Gasteiger partial charge on any atom is -0.508 e. The van der Waals surface area contributed by atoms with Gasteiger partial charge in [0.1, 0.15) is 90.3 Å². The molecule has 23 N–H and O–H groups in total. The number of aliphatic hydroxyl groups is 1. The van der Waals surface area contributed by atoms with Crippen molar-refractivity contribution in [3.05, 3.63) is 102 Å². The monoisotopic (exact) mass is 1810 g/mol. The van der Waals surface area contributed by atoms with Gasteiger partial charge in [0, 0.05) is 107 Å². The largest absolute Gasteiger partial charge is 0.508 e. The topological polar surface area (TPSA) is 615 Å². The lowest BCUT2D eigenvalue weighted by Gasteiger charge is -2.36. The van der Waals surface area contributed by atoms with Gasteiger partial charge >= 0.3 is 0 Å². The van der Waals surface area contributed by atoms with Crippen LogP contribution in [0, 0.1) is 11.8 Å². The van der Waals surface area contributed by atoms with Crippen LogP contribution >= 0.6 is 0 Å². The molecule has 0 bridgehead atoms. The zero-order valence-electron chi connectivity index (χ0n) is 75.5. The van der Waals surface area contributed by atoms with E-state index in [0.29, 0.717) is 64.2 Å². The minimum absolute atomic E-state index is 0.00652. The van der Waals surface area contributed by atoms with Crippen molar-refractivity contribution < 1.29 is 91.7 Å². The van der Waals surface area contributed by atoms with E-state index in [1.165, 1.54) is 62.1 Å². The number of nitrogens with one attached hydrogen (secondary N) is 13. The van der Waals surface area contributed by atoms with Gasteiger partial charge in [-0.25, -0.2) is 0 Å². The van der Waals surface area contributed by atoms with Gasteiger partial charge in [-0.3, -0.25) is 81.5 Å². The number of unbranched alkanes of at least 4 members (excludes halogenated alkanes) is 2. The van der Waals surface area contributed by atoms with Crippen molar-refractivity contribution >= 4 is 122 Å². The lowest BCUT2D eigenvalue weighted by atomic mass is 9.99. The number of aromatic nitrogens is 2. The average Bonchev–Trinajstić information content (AvgIpc) is 1.58. The van der Waals surface area contributed by atoms with Crippen LogP contribution in [0.15, 0.2) is 85.2 Å². The molecule has 0 aliphatic carbocycles. The molecule has 3 fully saturated rings. The molecule has 3 aromatic carbocycles. The number of carbonyl (C=O) groups excluding carboxylic acids is 17. The van der Waals surface area contributed by atoms with E-state index in [0.717, 1.165) is 14.7 Å².